The van der Waals surface area contributed by atoms with Crippen LogP contribution in [0.3, 0.4) is 0 Å². The van der Waals surface area contributed by atoms with Gasteiger partial charge in [-0.05, 0) is 29.9 Å². The van der Waals surface area contributed by atoms with Gasteiger partial charge in [0, 0.05) is 13.6 Å². The van der Waals surface area contributed by atoms with Crippen molar-refractivity contribution < 1.29 is 0 Å². The Balaban J connectivity index is 2.49. The molecule has 17 heavy (non-hydrogen) atoms. The van der Waals surface area contributed by atoms with Crippen LogP contribution in [0.25, 0.3) is 0 Å². The van der Waals surface area contributed by atoms with E-state index >= 15 is 0 Å². The fourth-order valence-corrected chi connectivity index (χ4v) is 2.51. The van der Waals surface area contributed by atoms with Crippen molar-refractivity contribution in [3.63, 3.8) is 0 Å². The third-order valence-corrected chi connectivity index (χ3v) is 3.46. The molecule has 0 aliphatic rings. The summed E-state index contributed by atoms with van der Waals surface area (Å²) in [4.78, 5) is 4.16. The molecule has 0 aliphatic heterocycles. The highest BCUT2D eigenvalue weighted by Gasteiger charge is 2.22. The van der Waals surface area contributed by atoms with E-state index in [0.717, 1.165) is 22.4 Å². The van der Waals surface area contributed by atoms with Crippen molar-refractivity contribution in [3.8, 4) is 0 Å². The molecule has 5 nitrogen and oxygen atoms in total. The number of nitrogens with zero attached hydrogens (tertiary/aromatic N) is 4. The van der Waals surface area contributed by atoms with E-state index in [1.54, 1.807) is 6.33 Å². The van der Waals surface area contributed by atoms with Gasteiger partial charge in [-0.3, -0.25) is 4.68 Å². The molecule has 0 saturated heterocycles. The van der Waals surface area contributed by atoms with Crippen molar-refractivity contribution in [3.05, 3.63) is 34.6 Å². The van der Waals surface area contributed by atoms with Crippen LogP contribution in [-0.4, -0.2) is 26.4 Å². The largest absolute Gasteiger partial charge is 0.336 e. The van der Waals surface area contributed by atoms with Crippen molar-refractivity contribution in [1.82, 2.24) is 24.6 Å². The van der Waals surface area contributed by atoms with Gasteiger partial charge in [0.05, 0.1) is 40.6 Å². The topological polar surface area (TPSA) is 47.7 Å². The minimum absolute atomic E-state index is 0.0827. The maximum Gasteiger partial charge on any atom is 0.0946 e. The zero-order chi connectivity index (χ0) is 12.4. The molecule has 0 spiro atoms. The molecule has 1 unspecified atom stereocenters. The van der Waals surface area contributed by atoms with E-state index in [1.165, 1.54) is 0 Å². The lowest BCUT2D eigenvalue weighted by Gasteiger charge is -2.18. The fourth-order valence-electron chi connectivity index (χ4n) is 1.98. The maximum atomic E-state index is 4.34. The van der Waals surface area contributed by atoms with Gasteiger partial charge in [-0.15, -0.1) is 0 Å². The molecule has 0 aromatic carbocycles. The molecule has 1 atom stereocenters. The lowest BCUT2D eigenvalue weighted by atomic mass is 10.1. The molecule has 2 aromatic heterocycles. The van der Waals surface area contributed by atoms with Crippen LogP contribution in [0.2, 0.25) is 0 Å². The van der Waals surface area contributed by atoms with Gasteiger partial charge < -0.3 is 9.88 Å². The van der Waals surface area contributed by atoms with Crippen molar-refractivity contribution in [1.29, 1.82) is 0 Å². The van der Waals surface area contributed by atoms with Gasteiger partial charge in [0.15, 0.2) is 0 Å². The van der Waals surface area contributed by atoms with Crippen LogP contribution in [0.5, 0.6) is 0 Å². The van der Waals surface area contributed by atoms with E-state index in [-0.39, 0.29) is 6.04 Å². The molecular formula is C11H16BrN5. The van der Waals surface area contributed by atoms with Gasteiger partial charge >= 0.3 is 0 Å². The Morgan fingerprint density at radius 1 is 1.47 bits per heavy atom. The van der Waals surface area contributed by atoms with Crippen LogP contribution < -0.4 is 5.32 Å². The standard InChI is InChI=1S/C11H16BrN5/c1-4-17-11(8(12)5-15-17)10(13-2)9-6-14-7-16(9)3/h5-7,10,13H,4H2,1-3H3. The average molecular weight is 298 g/mol. The molecule has 6 heteroatoms. The van der Waals surface area contributed by atoms with Gasteiger partial charge in [-0.2, -0.15) is 5.10 Å². The van der Waals surface area contributed by atoms with Crippen molar-refractivity contribution in [2.75, 3.05) is 7.05 Å². The van der Waals surface area contributed by atoms with Gasteiger partial charge in [0.25, 0.3) is 0 Å². The molecule has 0 aliphatic carbocycles. The number of aryl methyl sites for hydroxylation is 2. The summed E-state index contributed by atoms with van der Waals surface area (Å²) < 4.78 is 5.01. The van der Waals surface area contributed by atoms with E-state index in [2.05, 4.69) is 38.3 Å². The number of imidazole rings is 1. The first-order valence-corrected chi connectivity index (χ1v) is 6.33. The Morgan fingerprint density at radius 2 is 2.24 bits per heavy atom. The maximum absolute atomic E-state index is 4.34. The van der Waals surface area contributed by atoms with E-state index in [0.29, 0.717) is 0 Å². The zero-order valence-electron chi connectivity index (χ0n) is 10.2. The zero-order valence-corrected chi connectivity index (χ0v) is 11.8. The van der Waals surface area contributed by atoms with Crippen LogP contribution in [0.4, 0.5) is 0 Å². The second-order valence-corrected chi connectivity index (χ2v) is 4.70. The normalized spacial score (nSPS) is 12.9. The minimum atomic E-state index is 0.0827. The number of aromatic nitrogens is 4. The summed E-state index contributed by atoms with van der Waals surface area (Å²) in [5.41, 5.74) is 2.24. The van der Waals surface area contributed by atoms with E-state index < -0.39 is 0 Å². The molecule has 1 N–H and O–H groups in total. The third-order valence-electron chi connectivity index (χ3n) is 2.84. The number of nitrogens with one attached hydrogen (secondary N) is 1. The Hall–Kier alpha value is -1.14. The van der Waals surface area contributed by atoms with Gasteiger partial charge in [-0.25, -0.2) is 4.98 Å². The molecule has 2 heterocycles. The predicted octanol–water partition coefficient (Wildman–Crippen LogP) is 1.71. The van der Waals surface area contributed by atoms with Crippen LogP contribution in [0.15, 0.2) is 23.2 Å². The van der Waals surface area contributed by atoms with E-state index in [9.17, 15) is 0 Å². The lowest BCUT2D eigenvalue weighted by molar-refractivity contribution is 0.543. The van der Waals surface area contributed by atoms with Crippen LogP contribution >= 0.6 is 15.9 Å². The Morgan fingerprint density at radius 3 is 2.76 bits per heavy atom. The summed E-state index contributed by atoms with van der Waals surface area (Å²) in [7, 11) is 3.93. The summed E-state index contributed by atoms with van der Waals surface area (Å²) in [6, 6.07) is 0.0827. The second kappa shape index (κ2) is 5.01. The first-order valence-electron chi connectivity index (χ1n) is 5.53. The number of hydrogen-bond donors (Lipinski definition) is 1. The van der Waals surface area contributed by atoms with Gasteiger partial charge in [0.1, 0.15) is 0 Å². The Bertz CT molecular complexity index is 502. The summed E-state index contributed by atoms with van der Waals surface area (Å²) in [6.07, 6.45) is 5.51. The van der Waals surface area contributed by atoms with E-state index in [4.69, 9.17) is 0 Å². The second-order valence-electron chi connectivity index (χ2n) is 3.84. The van der Waals surface area contributed by atoms with Crippen molar-refractivity contribution >= 4 is 15.9 Å². The first-order chi connectivity index (χ1) is 8.19. The van der Waals surface area contributed by atoms with E-state index in [1.807, 2.05) is 35.7 Å². The fraction of sp³-hybridized carbons (Fsp3) is 0.455. The molecule has 0 amide bonds. The molecule has 0 radical (unpaired) electrons. The molecule has 0 saturated carbocycles. The molecule has 2 aromatic rings. The Labute approximate surface area is 109 Å². The monoisotopic (exact) mass is 297 g/mol. The van der Waals surface area contributed by atoms with Gasteiger partial charge in [-0.1, -0.05) is 0 Å². The minimum Gasteiger partial charge on any atom is -0.336 e. The summed E-state index contributed by atoms with van der Waals surface area (Å²) >= 11 is 3.56. The SMILES string of the molecule is CCn1ncc(Br)c1C(NC)c1cncn1C. The lowest BCUT2D eigenvalue weighted by Crippen LogP contribution is -2.23. The third kappa shape index (κ3) is 2.14. The molecular weight excluding hydrogens is 282 g/mol. The Kier molecular flexibility index (Phi) is 3.63. The molecule has 2 rings (SSSR count). The first kappa shape index (κ1) is 12.3. The predicted molar refractivity (Wildman–Crippen MR) is 69.7 cm³/mol. The highest BCUT2D eigenvalue weighted by Crippen LogP contribution is 2.27. The highest BCUT2D eigenvalue weighted by atomic mass is 79.9. The average Bonchev–Trinajstić information content (AvgIpc) is 2.89. The molecule has 92 valence electrons. The number of hydrogen-bond acceptors (Lipinski definition) is 3. The van der Waals surface area contributed by atoms with Crippen LogP contribution in [0, 0.1) is 0 Å². The molecule has 0 fully saturated rings. The quantitative estimate of drug-likeness (QED) is 0.935. The van der Waals surface area contributed by atoms with Crippen molar-refractivity contribution in [2.45, 2.75) is 19.5 Å². The smallest absolute Gasteiger partial charge is 0.0946 e. The number of rotatable bonds is 4. The van der Waals surface area contributed by atoms with Crippen LogP contribution in [-0.2, 0) is 13.6 Å². The summed E-state index contributed by atoms with van der Waals surface area (Å²) in [5, 5.41) is 7.65. The van der Waals surface area contributed by atoms with Crippen molar-refractivity contribution in [2.24, 2.45) is 7.05 Å². The summed E-state index contributed by atoms with van der Waals surface area (Å²) in [6.45, 7) is 2.93. The highest BCUT2D eigenvalue weighted by molar-refractivity contribution is 9.10. The molecule has 0 bridgehead atoms. The van der Waals surface area contributed by atoms with Gasteiger partial charge in [0.2, 0.25) is 0 Å². The van der Waals surface area contributed by atoms with Crippen LogP contribution in [0.1, 0.15) is 24.4 Å². The summed E-state index contributed by atoms with van der Waals surface area (Å²) in [5.74, 6) is 0. The number of halogens is 1.